The standard InChI is InChI=1S/C12H17ClN2O2/c1-7(14)6-9-10(13)4-5-11(17-3)12(9)15-8(2)16/h4-5,7H,6,14H2,1-3H3,(H,15,16). The smallest absolute Gasteiger partial charge is 0.221 e. The van der Waals surface area contributed by atoms with Crippen molar-refractivity contribution in [2.75, 3.05) is 12.4 Å². The molecule has 3 N–H and O–H groups in total. The van der Waals surface area contributed by atoms with Gasteiger partial charge in [0.25, 0.3) is 0 Å². The Kier molecular flexibility index (Phi) is 4.78. The van der Waals surface area contributed by atoms with Crippen LogP contribution in [-0.2, 0) is 11.2 Å². The van der Waals surface area contributed by atoms with Gasteiger partial charge in [-0.2, -0.15) is 0 Å². The van der Waals surface area contributed by atoms with Crippen molar-refractivity contribution in [1.82, 2.24) is 0 Å². The normalized spacial score (nSPS) is 12.1. The zero-order chi connectivity index (χ0) is 13.0. The molecule has 0 heterocycles. The molecule has 0 saturated heterocycles. The first kappa shape index (κ1) is 13.8. The van der Waals surface area contributed by atoms with Crippen LogP contribution in [0.2, 0.25) is 5.02 Å². The summed E-state index contributed by atoms with van der Waals surface area (Å²) in [7, 11) is 1.55. The molecule has 0 aliphatic rings. The molecule has 5 heteroatoms. The minimum absolute atomic E-state index is 0.0490. The van der Waals surface area contributed by atoms with Gasteiger partial charge in [-0.15, -0.1) is 0 Å². The molecule has 0 radical (unpaired) electrons. The molecule has 1 aromatic rings. The van der Waals surface area contributed by atoms with Crippen LogP contribution in [0.1, 0.15) is 19.4 Å². The molecule has 1 atom stereocenters. The highest BCUT2D eigenvalue weighted by Gasteiger charge is 2.15. The number of hydrogen-bond donors (Lipinski definition) is 2. The summed E-state index contributed by atoms with van der Waals surface area (Å²) < 4.78 is 5.21. The molecule has 0 spiro atoms. The topological polar surface area (TPSA) is 64.3 Å². The number of halogens is 1. The van der Waals surface area contributed by atoms with E-state index in [1.807, 2.05) is 6.92 Å². The van der Waals surface area contributed by atoms with E-state index in [0.717, 1.165) is 5.56 Å². The predicted molar refractivity (Wildman–Crippen MR) is 69.7 cm³/mol. The van der Waals surface area contributed by atoms with Crippen molar-refractivity contribution in [3.05, 3.63) is 22.7 Å². The van der Waals surface area contributed by atoms with Crippen molar-refractivity contribution in [3.63, 3.8) is 0 Å². The highest BCUT2D eigenvalue weighted by Crippen LogP contribution is 2.34. The lowest BCUT2D eigenvalue weighted by Crippen LogP contribution is -2.20. The Balaban J connectivity index is 3.25. The van der Waals surface area contributed by atoms with Crippen molar-refractivity contribution >= 4 is 23.2 Å². The Bertz CT molecular complexity index is 419. The Morgan fingerprint density at radius 2 is 2.24 bits per heavy atom. The molecule has 1 rings (SSSR count). The lowest BCUT2D eigenvalue weighted by atomic mass is 10.0. The first-order valence-electron chi connectivity index (χ1n) is 5.34. The van der Waals surface area contributed by atoms with E-state index in [0.29, 0.717) is 22.9 Å². The first-order valence-corrected chi connectivity index (χ1v) is 5.72. The van der Waals surface area contributed by atoms with Crippen LogP contribution >= 0.6 is 11.6 Å². The molecule has 4 nitrogen and oxygen atoms in total. The van der Waals surface area contributed by atoms with Gasteiger partial charge in [0.2, 0.25) is 5.91 Å². The zero-order valence-electron chi connectivity index (χ0n) is 10.2. The number of rotatable bonds is 4. The number of hydrogen-bond acceptors (Lipinski definition) is 3. The molecule has 17 heavy (non-hydrogen) atoms. The molecule has 0 saturated carbocycles. The van der Waals surface area contributed by atoms with Gasteiger partial charge < -0.3 is 15.8 Å². The van der Waals surface area contributed by atoms with E-state index in [4.69, 9.17) is 22.1 Å². The zero-order valence-corrected chi connectivity index (χ0v) is 11.0. The molecule has 0 aliphatic heterocycles. The van der Waals surface area contributed by atoms with Crippen LogP contribution in [0, 0.1) is 0 Å². The Labute approximate surface area is 106 Å². The summed E-state index contributed by atoms with van der Waals surface area (Å²) in [4.78, 5) is 11.2. The van der Waals surface area contributed by atoms with Gasteiger partial charge in [0.05, 0.1) is 12.8 Å². The van der Waals surface area contributed by atoms with Crippen molar-refractivity contribution in [3.8, 4) is 5.75 Å². The summed E-state index contributed by atoms with van der Waals surface area (Å²) in [5.41, 5.74) is 7.18. The van der Waals surface area contributed by atoms with Gasteiger partial charge in [-0.25, -0.2) is 0 Å². The maximum absolute atomic E-state index is 11.2. The van der Waals surface area contributed by atoms with Gasteiger partial charge in [0.15, 0.2) is 0 Å². The number of methoxy groups -OCH3 is 1. The number of nitrogens with two attached hydrogens (primary N) is 1. The minimum atomic E-state index is -0.170. The molecule has 0 aliphatic carbocycles. The van der Waals surface area contributed by atoms with E-state index in [-0.39, 0.29) is 11.9 Å². The second-order valence-corrected chi connectivity index (χ2v) is 4.37. The number of carbonyl (C=O) groups is 1. The van der Waals surface area contributed by atoms with Crippen LogP contribution in [0.15, 0.2) is 12.1 Å². The van der Waals surface area contributed by atoms with E-state index >= 15 is 0 Å². The fourth-order valence-electron chi connectivity index (χ4n) is 1.61. The fraction of sp³-hybridized carbons (Fsp3) is 0.417. The summed E-state index contributed by atoms with van der Waals surface area (Å²) in [5.74, 6) is 0.414. The average molecular weight is 257 g/mol. The summed E-state index contributed by atoms with van der Waals surface area (Å²) in [5, 5.41) is 3.31. The molecule has 94 valence electrons. The summed E-state index contributed by atoms with van der Waals surface area (Å²) >= 11 is 6.12. The highest BCUT2D eigenvalue weighted by atomic mass is 35.5. The second kappa shape index (κ2) is 5.89. The van der Waals surface area contributed by atoms with Gasteiger partial charge in [0.1, 0.15) is 5.75 Å². The van der Waals surface area contributed by atoms with Gasteiger partial charge in [-0.1, -0.05) is 11.6 Å². The second-order valence-electron chi connectivity index (χ2n) is 3.97. The van der Waals surface area contributed by atoms with E-state index in [1.165, 1.54) is 6.92 Å². The molecule has 0 bridgehead atoms. The molecular formula is C12H17ClN2O2. The molecule has 1 amide bonds. The molecule has 1 unspecified atom stereocenters. The maximum Gasteiger partial charge on any atom is 0.221 e. The lowest BCUT2D eigenvalue weighted by molar-refractivity contribution is -0.114. The van der Waals surface area contributed by atoms with Crippen LogP contribution in [0.4, 0.5) is 5.69 Å². The maximum atomic E-state index is 11.2. The van der Waals surface area contributed by atoms with E-state index in [9.17, 15) is 4.79 Å². The van der Waals surface area contributed by atoms with E-state index in [2.05, 4.69) is 5.32 Å². The molecule has 1 aromatic carbocycles. The highest BCUT2D eigenvalue weighted by molar-refractivity contribution is 6.32. The third-order valence-corrected chi connectivity index (χ3v) is 2.62. The number of nitrogens with one attached hydrogen (secondary N) is 1. The van der Waals surface area contributed by atoms with Crippen LogP contribution in [0.3, 0.4) is 0 Å². The molecule has 0 aromatic heterocycles. The van der Waals surface area contributed by atoms with Crippen LogP contribution in [0.5, 0.6) is 5.75 Å². The number of ether oxygens (including phenoxy) is 1. The number of benzene rings is 1. The van der Waals surface area contributed by atoms with Crippen molar-refractivity contribution < 1.29 is 9.53 Å². The summed E-state index contributed by atoms with van der Waals surface area (Å²) in [6.45, 7) is 3.32. The molecular weight excluding hydrogens is 240 g/mol. The number of amides is 1. The van der Waals surface area contributed by atoms with Crippen molar-refractivity contribution in [1.29, 1.82) is 0 Å². The average Bonchev–Trinajstić information content (AvgIpc) is 2.22. The van der Waals surface area contributed by atoms with Crippen molar-refractivity contribution in [2.45, 2.75) is 26.3 Å². The fourth-order valence-corrected chi connectivity index (χ4v) is 1.84. The van der Waals surface area contributed by atoms with Gasteiger partial charge in [-0.05, 0) is 31.0 Å². The summed E-state index contributed by atoms with van der Waals surface area (Å²) in [6.07, 6.45) is 0.575. The Hall–Kier alpha value is -1.26. The van der Waals surface area contributed by atoms with Gasteiger partial charge >= 0.3 is 0 Å². The summed E-state index contributed by atoms with van der Waals surface area (Å²) in [6, 6.07) is 3.41. The van der Waals surface area contributed by atoms with E-state index < -0.39 is 0 Å². The van der Waals surface area contributed by atoms with E-state index in [1.54, 1.807) is 19.2 Å². The van der Waals surface area contributed by atoms with Crippen LogP contribution < -0.4 is 15.8 Å². The largest absolute Gasteiger partial charge is 0.495 e. The third kappa shape index (κ3) is 3.61. The minimum Gasteiger partial charge on any atom is -0.495 e. The monoisotopic (exact) mass is 256 g/mol. The third-order valence-electron chi connectivity index (χ3n) is 2.26. The van der Waals surface area contributed by atoms with Gasteiger partial charge in [0, 0.05) is 18.0 Å². The quantitative estimate of drug-likeness (QED) is 0.868. The van der Waals surface area contributed by atoms with Crippen LogP contribution in [-0.4, -0.2) is 19.1 Å². The SMILES string of the molecule is COc1ccc(Cl)c(CC(C)N)c1NC(C)=O. The lowest BCUT2D eigenvalue weighted by Gasteiger charge is -2.17. The van der Waals surface area contributed by atoms with Gasteiger partial charge in [-0.3, -0.25) is 4.79 Å². The Morgan fingerprint density at radius 3 is 2.71 bits per heavy atom. The predicted octanol–water partition coefficient (Wildman–Crippen LogP) is 2.20. The Morgan fingerprint density at radius 1 is 1.59 bits per heavy atom. The number of anilines is 1. The molecule has 0 fully saturated rings. The van der Waals surface area contributed by atoms with Crippen molar-refractivity contribution in [2.24, 2.45) is 5.73 Å². The van der Waals surface area contributed by atoms with Crippen LogP contribution in [0.25, 0.3) is 0 Å². The first-order chi connectivity index (χ1) is 7.95. The number of carbonyl (C=O) groups excluding carboxylic acids is 1.